The second-order valence-corrected chi connectivity index (χ2v) is 6.05. The Morgan fingerprint density at radius 3 is 2.65 bits per heavy atom. The summed E-state index contributed by atoms with van der Waals surface area (Å²) < 4.78 is 5.01. The van der Waals surface area contributed by atoms with Crippen molar-refractivity contribution in [1.29, 1.82) is 0 Å². The molecule has 3 aromatic rings. The van der Waals surface area contributed by atoms with E-state index in [1.807, 2.05) is 43.3 Å². The van der Waals surface area contributed by atoms with E-state index in [1.165, 1.54) is 0 Å². The Labute approximate surface area is 155 Å². The van der Waals surface area contributed by atoms with Crippen molar-refractivity contribution in [3.05, 3.63) is 70.9 Å². The number of hydrogen-bond acceptors (Lipinski definition) is 4. The largest absolute Gasteiger partial charge is 0.451 e. The first kappa shape index (κ1) is 17.7. The number of nitrogens with zero attached hydrogens (tertiary/aromatic N) is 1. The fourth-order valence-corrected chi connectivity index (χ4v) is 2.58. The van der Waals surface area contributed by atoms with E-state index in [0.717, 1.165) is 11.1 Å². The number of amides is 1. The Bertz CT molecular complexity index is 938. The molecule has 0 aliphatic carbocycles. The van der Waals surface area contributed by atoms with Crippen molar-refractivity contribution in [3.8, 4) is 11.3 Å². The molecule has 132 valence electrons. The average molecular weight is 370 g/mol. The molecule has 2 N–H and O–H groups in total. The molecule has 0 radical (unpaired) electrons. The van der Waals surface area contributed by atoms with E-state index in [1.54, 1.807) is 18.2 Å². The Morgan fingerprint density at radius 2 is 1.92 bits per heavy atom. The van der Waals surface area contributed by atoms with Crippen LogP contribution in [0, 0.1) is 6.92 Å². The summed E-state index contributed by atoms with van der Waals surface area (Å²) in [5.74, 6) is -1.14. The van der Waals surface area contributed by atoms with Crippen molar-refractivity contribution in [2.45, 2.75) is 6.92 Å². The molecular formula is C19H16ClN3O3. The zero-order valence-corrected chi connectivity index (χ0v) is 14.7. The smallest absolute Gasteiger partial charge is 0.356 e. The molecule has 0 atom stereocenters. The molecule has 0 aliphatic rings. The van der Waals surface area contributed by atoms with E-state index in [0.29, 0.717) is 16.4 Å². The number of esters is 1. The minimum atomic E-state index is -0.662. The maximum absolute atomic E-state index is 12.1. The number of benzene rings is 2. The van der Waals surface area contributed by atoms with Gasteiger partial charge >= 0.3 is 5.97 Å². The third kappa shape index (κ3) is 4.29. The summed E-state index contributed by atoms with van der Waals surface area (Å²) >= 11 is 6.06. The minimum absolute atomic E-state index is 0.171. The van der Waals surface area contributed by atoms with E-state index in [9.17, 15) is 9.59 Å². The second-order valence-electron chi connectivity index (χ2n) is 5.64. The average Bonchev–Trinajstić information content (AvgIpc) is 3.13. The van der Waals surface area contributed by atoms with Gasteiger partial charge in [0.1, 0.15) is 5.69 Å². The number of nitrogens with one attached hydrogen (secondary N) is 2. The van der Waals surface area contributed by atoms with Crippen LogP contribution < -0.4 is 5.32 Å². The van der Waals surface area contributed by atoms with Crippen molar-refractivity contribution < 1.29 is 14.3 Å². The summed E-state index contributed by atoms with van der Waals surface area (Å²) in [4.78, 5) is 24.0. The summed E-state index contributed by atoms with van der Waals surface area (Å²) in [6.45, 7) is 1.47. The number of carbonyl (C=O) groups is 2. The third-order valence-corrected chi connectivity index (χ3v) is 3.91. The molecule has 0 saturated carbocycles. The summed E-state index contributed by atoms with van der Waals surface area (Å²) in [5, 5.41) is 9.72. The van der Waals surface area contributed by atoms with Gasteiger partial charge in [0.25, 0.3) is 5.91 Å². The first-order valence-electron chi connectivity index (χ1n) is 7.87. The number of anilines is 1. The minimum Gasteiger partial charge on any atom is -0.451 e. The van der Waals surface area contributed by atoms with E-state index in [-0.39, 0.29) is 5.69 Å². The molecule has 0 bridgehead atoms. The highest BCUT2D eigenvalue weighted by Crippen LogP contribution is 2.22. The molecule has 26 heavy (non-hydrogen) atoms. The van der Waals surface area contributed by atoms with Gasteiger partial charge in [0.2, 0.25) is 0 Å². The zero-order valence-electron chi connectivity index (χ0n) is 14.0. The molecule has 1 heterocycles. The van der Waals surface area contributed by atoms with Gasteiger partial charge in [0, 0.05) is 5.56 Å². The van der Waals surface area contributed by atoms with E-state index in [4.69, 9.17) is 16.3 Å². The molecule has 1 aromatic heterocycles. The van der Waals surface area contributed by atoms with E-state index < -0.39 is 18.5 Å². The molecule has 0 fully saturated rings. The molecule has 3 rings (SSSR count). The molecule has 2 aromatic carbocycles. The maximum Gasteiger partial charge on any atom is 0.356 e. The van der Waals surface area contributed by atoms with Crippen molar-refractivity contribution in [1.82, 2.24) is 10.2 Å². The Balaban J connectivity index is 1.57. The van der Waals surface area contributed by atoms with Gasteiger partial charge in [-0.3, -0.25) is 9.89 Å². The van der Waals surface area contributed by atoms with Crippen LogP contribution in [-0.2, 0) is 9.53 Å². The van der Waals surface area contributed by atoms with Gasteiger partial charge in [-0.15, -0.1) is 0 Å². The van der Waals surface area contributed by atoms with Crippen molar-refractivity contribution >= 4 is 29.2 Å². The number of aromatic amines is 1. The summed E-state index contributed by atoms with van der Waals surface area (Å²) in [7, 11) is 0. The van der Waals surface area contributed by atoms with Crippen LogP contribution in [0.15, 0.2) is 54.6 Å². The molecule has 6 nitrogen and oxygen atoms in total. The summed E-state index contributed by atoms with van der Waals surface area (Å²) in [6, 6.07) is 16.2. The number of H-pyrrole nitrogens is 1. The van der Waals surface area contributed by atoms with Crippen LogP contribution in [-0.4, -0.2) is 28.7 Å². The third-order valence-electron chi connectivity index (χ3n) is 3.60. The fraction of sp³-hybridized carbons (Fsp3) is 0.105. The molecule has 0 spiro atoms. The molecule has 7 heteroatoms. The predicted octanol–water partition coefficient (Wildman–Crippen LogP) is 3.83. The quantitative estimate of drug-likeness (QED) is 0.669. The van der Waals surface area contributed by atoms with E-state index >= 15 is 0 Å². The number of aryl methyl sites for hydroxylation is 1. The monoisotopic (exact) mass is 369 g/mol. The predicted molar refractivity (Wildman–Crippen MR) is 99.1 cm³/mol. The van der Waals surface area contributed by atoms with Gasteiger partial charge in [0.15, 0.2) is 6.61 Å². The molecule has 0 unspecified atom stereocenters. The van der Waals surface area contributed by atoms with Crippen molar-refractivity contribution in [3.63, 3.8) is 0 Å². The maximum atomic E-state index is 12.1. The molecular weight excluding hydrogens is 354 g/mol. The van der Waals surface area contributed by atoms with Crippen molar-refractivity contribution in [2.24, 2.45) is 0 Å². The number of rotatable bonds is 5. The highest BCUT2D eigenvalue weighted by molar-refractivity contribution is 6.33. The van der Waals surface area contributed by atoms with Gasteiger partial charge in [-0.05, 0) is 30.7 Å². The van der Waals surface area contributed by atoms with Crippen LogP contribution in [0.25, 0.3) is 11.3 Å². The van der Waals surface area contributed by atoms with Crippen LogP contribution in [0.5, 0.6) is 0 Å². The lowest BCUT2D eigenvalue weighted by Gasteiger charge is -2.08. The van der Waals surface area contributed by atoms with Gasteiger partial charge in [-0.2, -0.15) is 5.10 Å². The van der Waals surface area contributed by atoms with Gasteiger partial charge in [-0.25, -0.2) is 4.79 Å². The zero-order chi connectivity index (χ0) is 18.5. The second kappa shape index (κ2) is 7.84. The highest BCUT2D eigenvalue weighted by atomic mass is 35.5. The van der Waals surface area contributed by atoms with Crippen LogP contribution in [0.4, 0.5) is 5.69 Å². The van der Waals surface area contributed by atoms with Crippen LogP contribution in [0.1, 0.15) is 16.1 Å². The fourth-order valence-electron chi connectivity index (χ4n) is 2.30. The van der Waals surface area contributed by atoms with Crippen LogP contribution in [0.3, 0.4) is 0 Å². The lowest BCUT2D eigenvalue weighted by molar-refractivity contribution is -0.119. The van der Waals surface area contributed by atoms with Crippen molar-refractivity contribution in [2.75, 3.05) is 11.9 Å². The van der Waals surface area contributed by atoms with Crippen LogP contribution in [0.2, 0.25) is 5.02 Å². The van der Waals surface area contributed by atoms with Gasteiger partial charge in [0.05, 0.1) is 16.4 Å². The SMILES string of the molecule is Cc1ccc(NC(=O)COC(=O)c2cc(-c3ccccc3)n[nH]2)c(Cl)c1. The first-order valence-corrected chi connectivity index (χ1v) is 8.24. The normalized spacial score (nSPS) is 10.4. The molecule has 0 saturated heterocycles. The standard InChI is InChI=1S/C19H16ClN3O3/c1-12-7-8-15(14(20)9-12)21-18(24)11-26-19(25)17-10-16(22-23-17)13-5-3-2-4-6-13/h2-10H,11H2,1H3,(H,21,24)(H,22,23). The summed E-state index contributed by atoms with van der Waals surface area (Å²) in [5.41, 5.74) is 3.10. The molecule has 0 aliphatic heterocycles. The first-order chi connectivity index (χ1) is 12.5. The lowest BCUT2D eigenvalue weighted by atomic mass is 10.1. The number of halogens is 1. The number of carbonyl (C=O) groups excluding carboxylic acids is 2. The summed E-state index contributed by atoms with van der Waals surface area (Å²) in [6.07, 6.45) is 0. The van der Waals surface area contributed by atoms with E-state index in [2.05, 4.69) is 15.5 Å². The van der Waals surface area contributed by atoms with Crippen LogP contribution >= 0.6 is 11.6 Å². The number of aromatic nitrogens is 2. The number of hydrogen-bond donors (Lipinski definition) is 2. The Hall–Kier alpha value is -3.12. The van der Waals surface area contributed by atoms with Gasteiger partial charge < -0.3 is 10.1 Å². The lowest BCUT2D eigenvalue weighted by Crippen LogP contribution is -2.21. The topological polar surface area (TPSA) is 84.1 Å². The highest BCUT2D eigenvalue weighted by Gasteiger charge is 2.14. The number of ether oxygens (including phenoxy) is 1. The van der Waals surface area contributed by atoms with Gasteiger partial charge in [-0.1, -0.05) is 48.0 Å². The Kier molecular flexibility index (Phi) is 5.34. The molecule has 1 amide bonds. The Morgan fingerprint density at radius 1 is 1.15 bits per heavy atom.